The highest BCUT2D eigenvalue weighted by Gasteiger charge is 2.52. The Labute approximate surface area is 181 Å². The van der Waals surface area contributed by atoms with E-state index < -0.39 is 55.3 Å². The Hall–Kier alpha value is -0.660. The van der Waals surface area contributed by atoms with Gasteiger partial charge < -0.3 is 49.6 Å². The summed E-state index contributed by atoms with van der Waals surface area (Å²) >= 11 is 0. The molecule has 2 heterocycles. The van der Waals surface area contributed by atoms with Gasteiger partial charge >= 0.3 is 0 Å². The molecule has 6 N–H and O–H groups in total. The van der Waals surface area contributed by atoms with E-state index in [9.17, 15) is 30.6 Å². The van der Waals surface area contributed by atoms with E-state index >= 15 is 0 Å². The second-order valence-corrected chi connectivity index (χ2v) is 9.87. The zero-order valence-corrected chi connectivity index (χ0v) is 17.8. The SMILES string of the molecule is CC1(C)[C@@H]2CC=C(CO[C@H]3O[C@@H](CO[C@H]4OC[C@@](O)(CO)[C@H]4O)[C@@H](O)[C@@H](O)[C@H]3O)[C@H]1C2. The number of hydrogen-bond acceptors (Lipinski definition) is 10. The Morgan fingerprint density at radius 3 is 2.42 bits per heavy atom. The molecular formula is C21H34O10. The third-order valence-corrected chi connectivity index (χ3v) is 7.67. The third-order valence-electron chi connectivity index (χ3n) is 7.67. The van der Waals surface area contributed by atoms with Crippen molar-refractivity contribution in [3.05, 3.63) is 11.6 Å². The summed E-state index contributed by atoms with van der Waals surface area (Å²) in [6, 6.07) is 0. The zero-order valence-electron chi connectivity index (χ0n) is 17.8. The summed E-state index contributed by atoms with van der Waals surface area (Å²) in [4.78, 5) is 0. The Balaban J connectivity index is 1.33. The second-order valence-electron chi connectivity index (χ2n) is 9.87. The van der Waals surface area contributed by atoms with Crippen LogP contribution in [0.3, 0.4) is 0 Å². The molecule has 0 unspecified atom stereocenters. The largest absolute Gasteiger partial charge is 0.393 e. The smallest absolute Gasteiger partial charge is 0.187 e. The van der Waals surface area contributed by atoms with Crippen LogP contribution >= 0.6 is 0 Å². The Bertz CT molecular complexity index is 683. The molecule has 0 radical (unpaired) electrons. The van der Waals surface area contributed by atoms with E-state index in [0.29, 0.717) is 11.8 Å². The minimum Gasteiger partial charge on any atom is -0.393 e. The molecule has 10 heteroatoms. The highest BCUT2D eigenvalue weighted by Crippen LogP contribution is 2.59. The van der Waals surface area contributed by atoms with Gasteiger partial charge in [0, 0.05) is 0 Å². The van der Waals surface area contributed by atoms with Gasteiger partial charge in [-0.05, 0) is 35.7 Å². The first-order valence-corrected chi connectivity index (χ1v) is 10.8. The summed E-state index contributed by atoms with van der Waals surface area (Å²) in [5, 5.41) is 60.1. The highest BCUT2D eigenvalue weighted by molar-refractivity contribution is 5.23. The van der Waals surface area contributed by atoms with E-state index in [2.05, 4.69) is 19.9 Å². The van der Waals surface area contributed by atoms with Crippen molar-refractivity contribution in [3.8, 4) is 0 Å². The molecule has 0 aromatic rings. The number of aliphatic hydroxyl groups excluding tert-OH is 5. The molecule has 0 spiro atoms. The van der Waals surface area contributed by atoms with E-state index in [1.807, 2.05) is 0 Å². The highest BCUT2D eigenvalue weighted by atomic mass is 16.7. The van der Waals surface area contributed by atoms with Crippen LogP contribution in [0.4, 0.5) is 0 Å². The molecule has 1 saturated carbocycles. The van der Waals surface area contributed by atoms with Crippen LogP contribution in [0.5, 0.6) is 0 Å². The first kappa shape index (κ1) is 23.5. The molecule has 2 bridgehead atoms. The van der Waals surface area contributed by atoms with Crippen LogP contribution in [-0.4, -0.2) is 106 Å². The van der Waals surface area contributed by atoms with Crippen molar-refractivity contribution >= 4 is 0 Å². The maximum Gasteiger partial charge on any atom is 0.187 e. The topological polar surface area (TPSA) is 158 Å². The van der Waals surface area contributed by atoms with Crippen LogP contribution in [0.1, 0.15) is 26.7 Å². The number of hydrogen-bond donors (Lipinski definition) is 6. The van der Waals surface area contributed by atoms with Crippen molar-refractivity contribution in [2.75, 3.05) is 26.4 Å². The van der Waals surface area contributed by atoms with Crippen LogP contribution in [-0.2, 0) is 18.9 Å². The van der Waals surface area contributed by atoms with Crippen LogP contribution in [0, 0.1) is 17.3 Å². The molecule has 0 aromatic heterocycles. The van der Waals surface area contributed by atoms with Gasteiger partial charge in [-0.15, -0.1) is 0 Å². The van der Waals surface area contributed by atoms with E-state index in [1.165, 1.54) is 0 Å². The normalized spacial score (nSPS) is 48.9. The van der Waals surface area contributed by atoms with Gasteiger partial charge in [-0.1, -0.05) is 19.9 Å². The van der Waals surface area contributed by atoms with Gasteiger partial charge in [0.15, 0.2) is 12.6 Å². The molecule has 178 valence electrons. The van der Waals surface area contributed by atoms with Gasteiger partial charge in [0.05, 0.1) is 26.4 Å². The summed E-state index contributed by atoms with van der Waals surface area (Å²) in [6.45, 7) is 3.43. The van der Waals surface area contributed by atoms with Crippen LogP contribution < -0.4 is 0 Å². The van der Waals surface area contributed by atoms with Crippen molar-refractivity contribution < 1.29 is 49.6 Å². The monoisotopic (exact) mass is 446 g/mol. The van der Waals surface area contributed by atoms with Gasteiger partial charge in [0.2, 0.25) is 0 Å². The molecule has 10 atom stereocenters. The molecule has 10 nitrogen and oxygen atoms in total. The minimum atomic E-state index is -1.83. The molecule has 2 saturated heterocycles. The fraction of sp³-hybridized carbons (Fsp3) is 0.905. The summed E-state index contributed by atoms with van der Waals surface area (Å²) < 4.78 is 22.0. The predicted molar refractivity (Wildman–Crippen MR) is 104 cm³/mol. The average Bonchev–Trinajstić information content (AvgIpc) is 3.05. The molecule has 3 fully saturated rings. The quantitative estimate of drug-likeness (QED) is 0.248. The van der Waals surface area contributed by atoms with Crippen molar-refractivity contribution in [3.63, 3.8) is 0 Å². The van der Waals surface area contributed by atoms with E-state index in [0.717, 1.165) is 18.4 Å². The van der Waals surface area contributed by atoms with E-state index in [1.54, 1.807) is 0 Å². The number of fused-ring (bicyclic) bond motifs is 1. The van der Waals surface area contributed by atoms with Crippen LogP contribution in [0.25, 0.3) is 0 Å². The lowest BCUT2D eigenvalue weighted by atomic mass is 9.49. The lowest BCUT2D eigenvalue weighted by molar-refractivity contribution is -0.308. The Morgan fingerprint density at radius 2 is 1.81 bits per heavy atom. The molecular weight excluding hydrogens is 412 g/mol. The lowest BCUT2D eigenvalue weighted by Crippen LogP contribution is -2.60. The van der Waals surface area contributed by atoms with Gasteiger partial charge in [0.25, 0.3) is 0 Å². The maximum absolute atomic E-state index is 10.3. The number of allylic oxidation sites excluding steroid dienone is 1. The van der Waals surface area contributed by atoms with Crippen LogP contribution in [0.15, 0.2) is 11.6 Å². The van der Waals surface area contributed by atoms with Gasteiger partial charge in [0.1, 0.15) is 36.1 Å². The molecule has 0 aromatic carbocycles. The summed E-state index contributed by atoms with van der Waals surface area (Å²) in [5.41, 5.74) is -0.452. The summed E-state index contributed by atoms with van der Waals surface area (Å²) in [6.07, 6.45) is -5.07. The zero-order chi connectivity index (χ0) is 22.6. The van der Waals surface area contributed by atoms with Gasteiger partial charge in [-0.3, -0.25) is 0 Å². The molecule has 31 heavy (non-hydrogen) atoms. The van der Waals surface area contributed by atoms with Crippen molar-refractivity contribution in [1.29, 1.82) is 0 Å². The fourth-order valence-corrected chi connectivity index (χ4v) is 5.14. The molecule has 2 aliphatic heterocycles. The Morgan fingerprint density at radius 1 is 1.06 bits per heavy atom. The average molecular weight is 446 g/mol. The number of aliphatic hydroxyl groups is 6. The minimum absolute atomic E-state index is 0.226. The van der Waals surface area contributed by atoms with Crippen molar-refractivity contribution in [1.82, 2.24) is 0 Å². The standard InChI is InChI=1S/C21H34O10/c1-20(2)11-4-3-10(12(20)5-11)6-28-18-16(25)15(24)14(23)13(31-18)7-29-19-17(26)21(27,8-22)9-30-19/h3,11-19,22-27H,4-9H2,1-2H3/t11-,12-,13+,14-,15-,16-,17+,18+,19+,21+/m1/s1. The van der Waals surface area contributed by atoms with E-state index in [4.69, 9.17) is 18.9 Å². The number of rotatable bonds is 7. The molecule has 5 rings (SSSR count). The summed E-state index contributed by atoms with van der Waals surface area (Å²) in [7, 11) is 0. The predicted octanol–water partition coefficient (Wildman–Crippen LogP) is -1.74. The molecule has 3 aliphatic carbocycles. The first-order chi connectivity index (χ1) is 14.6. The fourth-order valence-electron chi connectivity index (χ4n) is 5.14. The molecule has 0 amide bonds. The number of ether oxygens (including phenoxy) is 4. The van der Waals surface area contributed by atoms with Crippen molar-refractivity contribution in [2.24, 2.45) is 17.3 Å². The maximum atomic E-state index is 10.3. The molecule has 5 aliphatic rings. The second kappa shape index (κ2) is 8.60. The van der Waals surface area contributed by atoms with Gasteiger partial charge in [-0.25, -0.2) is 0 Å². The van der Waals surface area contributed by atoms with Crippen LogP contribution in [0.2, 0.25) is 0 Å². The van der Waals surface area contributed by atoms with E-state index in [-0.39, 0.29) is 25.2 Å². The first-order valence-electron chi connectivity index (χ1n) is 10.8. The Kier molecular flexibility index (Phi) is 6.52. The van der Waals surface area contributed by atoms with Gasteiger partial charge in [-0.2, -0.15) is 0 Å². The third kappa shape index (κ3) is 4.08. The summed E-state index contributed by atoms with van der Waals surface area (Å²) in [5.74, 6) is 1.11. The van der Waals surface area contributed by atoms with Crippen molar-refractivity contribution in [2.45, 2.75) is 75.4 Å². The lowest BCUT2D eigenvalue weighted by Gasteiger charge is -2.56.